The Morgan fingerprint density at radius 2 is 1.96 bits per heavy atom. The van der Waals surface area contributed by atoms with Crippen LogP contribution in [-0.2, 0) is 6.42 Å². The van der Waals surface area contributed by atoms with Crippen molar-refractivity contribution < 1.29 is 14.3 Å². The molecular weight excluding hydrogens is 332 g/mol. The molecule has 2 N–H and O–H groups in total. The number of carbonyl (C=O) groups excluding carboxylic acids is 1. The molecule has 1 aromatic carbocycles. The van der Waals surface area contributed by atoms with Crippen LogP contribution in [0.4, 0.5) is 4.79 Å². The molecule has 7 nitrogen and oxygen atoms in total. The average molecular weight is 362 g/mol. The monoisotopic (exact) mass is 362 g/mol. The summed E-state index contributed by atoms with van der Waals surface area (Å²) in [6.45, 7) is 6.35. The number of hydrogen-bond donors (Lipinski definition) is 2. The Hall–Kier alpha value is -1.99. The lowest BCUT2D eigenvalue weighted by molar-refractivity contribution is 0.114. The summed E-state index contributed by atoms with van der Waals surface area (Å²) in [7, 11) is 3.26. The van der Waals surface area contributed by atoms with Crippen LogP contribution in [-0.4, -0.2) is 81.9 Å². The van der Waals surface area contributed by atoms with Gasteiger partial charge in [0.25, 0.3) is 0 Å². The summed E-state index contributed by atoms with van der Waals surface area (Å²) in [6.07, 6.45) is 1.98. The normalized spacial score (nSPS) is 20.8. The third-order valence-electron chi connectivity index (χ3n) is 5.29. The van der Waals surface area contributed by atoms with Gasteiger partial charge in [-0.25, -0.2) is 4.79 Å². The molecule has 26 heavy (non-hydrogen) atoms. The summed E-state index contributed by atoms with van der Waals surface area (Å²) in [6, 6.07) is 6.54. The molecule has 0 spiro atoms. The van der Waals surface area contributed by atoms with E-state index in [2.05, 4.69) is 15.5 Å². The molecule has 0 aromatic heterocycles. The van der Waals surface area contributed by atoms with E-state index in [1.54, 1.807) is 14.2 Å². The minimum absolute atomic E-state index is 0.0367. The van der Waals surface area contributed by atoms with Crippen molar-refractivity contribution in [3.63, 3.8) is 0 Å². The first-order valence-corrected chi connectivity index (χ1v) is 9.39. The molecule has 0 aliphatic carbocycles. The maximum absolute atomic E-state index is 12.4. The predicted octanol–water partition coefficient (Wildman–Crippen LogP) is 0.935. The van der Waals surface area contributed by atoms with Crippen LogP contribution >= 0.6 is 0 Å². The van der Waals surface area contributed by atoms with Crippen molar-refractivity contribution in [1.29, 1.82) is 0 Å². The SMILES string of the molecule is COc1ccc(CCNC(=O)N2CCN([C@@H]3CCNC3)CC2)cc1OC. The van der Waals surface area contributed by atoms with E-state index in [0.717, 1.165) is 57.0 Å². The molecule has 7 heteroatoms. The van der Waals surface area contributed by atoms with E-state index in [0.29, 0.717) is 18.3 Å². The highest BCUT2D eigenvalue weighted by Gasteiger charge is 2.27. The van der Waals surface area contributed by atoms with Gasteiger partial charge in [0.15, 0.2) is 11.5 Å². The Morgan fingerprint density at radius 3 is 2.62 bits per heavy atom. The van der Waals surface area contributed by atoms with E-state index in [9.17, 15) is 4.79 Å². The van der Waals surface area contributed by atoms with Gasteiger partial charge >= 0.3 is 6.03 Å². The van der Waals surface area contributed by atoms with E-state index >= 15 is 0 Å². The standard InChI is InChI=1S/C19H30N4O3/c1-25-17-4-3-15(13-18(17)26-2)5-8-21-19(24)23-11-9-22(10-12-23)16-6-7-20-14-16/h3-4,13,16,20H,5-12,14H2,1-2H3,(H,21,24)/t16-/m1/s1. The van der Waals surface area contributed by atoms with E-state index in [-0.39, 0.29) is 6.03 Å². The fourth-order valence-electron chi connectivity index (χ4n) is 3.70. The number of ether oxygens (including phenoxy) is 2. The highest BCUT2D eigenvalue weighted by molar-refractivity contribution is 5.74. The molecule has 3 rings (SSSR count). The van der Waals surface area contributed by atoms with Crippen LogP contribution in [0.2, 0.25) is 0 Å². The average Bonchev–Trinajstić information content (AvgIpc) is 3.22. The molecule has 2 amide bonds. The zero-order valence-electron chi connectivity index (χ0n) is 15.8. The second kappa shape index (κ2) is 9.09. The van der Waals surface area contributed by atoms with E-state index in [4.69, 9.17) is 9.47 Å². The van der Waals surface area contributed by atoms with Crippen molar-refractivity contribution in [2.45, 2.75) is 18.9 Å². The zero-order valence-corrected chi connectivity index (χ0v) is 15.8. The number of nitrogens with one attached hydrogen (secondary N) is 2. The summed E-state index contributed by atoms with van der Waals surface area (Å²) < 4.78 is 10.6. The van der Waals surface area contributed by atoms with Crippen molar-refractivity contribution >= 4 is 6.03 Å². The Kier molecular flexibility index (Phi) is 6.57. The number of hydrogen-bond acceptors (Lipinski definition) is 5. The Balaban J connectivity index is 1.40. The van der Waals surface area contributed by atoms with Gasteiger partial charge in [0.05, 0.1) is 14.2 Å². The topological polar surface area (TPSA) is 66.1 Å². The number of carbonyl (C=O) groups is 1. The second-order valence-electron chi connectivity index (χ2n) is 6.84. The van der Waals surface area contributed by atoms with E-state index in [1.165, 1.54) is 6.42 Å². The molecule has 1 aromatic rings. The highest BCUT2D eigenvalue weighted by Crippen LogP contribution is 2.27. The maximum Gasteiger partial charge on any atom is 0.317 e. The van der Waals surface area contributed by atoms with Gasteiger partial charge < -0.3 is 25.0 Å². The number of amides is 2. The smallest absolute Gasteiger partial charge is 0.317 e. The fourth-order valence-corrected chi connectivity index (χ4v) is 3.70. The van der Waals surface area contributed by atoms with Crippen molar-refractivity contribution in [3.05, 3.63) is 23.8 Å². The molecule has 0 unspecified atom stereocenters. The third-order valence-corrected chi connectivity index (χ3v) is 5.29. The lowest BCUT2D eigenvalue weighted by Crippen LogP contribution is -2.54. The quantitative estimate of drug-likeness (QED) is 0.788. The predicted molar refractivity (Wildman–Crippen MR) is 101 cm³/mol. The van der Waals surface area contributed by atoms with E-state index < -0.39 is 0 Å². The Bertz CT molecular complexity index is 596. The van der Waals surface area contributed by atoms with Gasteiger partial charge in [0.1, 0.15) is 0 Å². The van der Waals surface area contributed by atoms with Crippen molar-refractivity contribution in [2.24, 2.45) is 0 Å². The number of piperazine rings is 1. The van der Waals surface area contributed by atoms with Gasteiger partial charge in [0.2, 0.25) is 0 Å². The van der Waals surface area contributed by atoms with Gasteiger partial charge in [0, 0.05) is 45.3 Å². The first kappa shape index (κ1) is 18.8. The van der Waals surface area contributed by atoms with Gasteiger partial charge in [-0.05, 0) is 37.1 Å². The third kappa shape index (κ3) is 4.59. The lowest BCUT2D eigenvalue weighted by atomic mass is 10.1. The molecule has 2 heterocycles. The molecule has 144 valence electrons. The van der Waals surface area contributed by atoms with Gasteiger partial charge in [-0.2, -0.15) is 0 Å². The van der Waals surface area contributed by atoms with Crippen LogP contribution in [0.3, 0.4) is 0 Å². The number of benzene rings is 1. The molecule has 2 aliphatic heterocycles. The van der Waals surface area contributed by atoms with Crippen LogP contribution in [0.15, 0.2) is 18.2 Å². The molecule has 0 bridgehead atoms. The fraction of sp³-hybridized carbons (Fsp3) is 0.632. The van der Waals surface area contributed by atoms with Crippen molar-refractivity contribution in [1.82, 2.24) is 20.4 Å². The minimum Gasteiger partial charge on any atom is -0.493 e. The summed E-state index contributed by atoms with van der Waals surface area (Å²) in [5.74, 6) is 1.43. The lowest BCUT2D eigenvalue weighted by Gasteiger charge is -2.37. The largest absolute Gasteiger partial charge is 0.493 e. The Morgan fingerprint density at radius 1 is 1.19 bits per heavy atom. The van der Waals surface area contributed by atoms with Gasteiger partial charge in [-0.15, -0.1) is 0 Å². The number of rotatable bonds is 6. The summed E-state index contributed by atoms with van der Waals surface area (Å²) >= 11 is 0. The first-order valence-electron chi connectivity index (χ1n) is 9.39. The maximum atomic E-state index is 12.4. The summed E-state index contributed by atoms with van der Waals surface area (Å²) in [5, 5.41) is 6.45. The molecule has 0 radical (unpaired) electrons. The second-order valence-corrected chi connectivity index (χ2v) is 6.84. The molecule has 0 saturated carbocycles. The molecule has 2 fully saturated rings. The van der Waals surface area contributed by atoms with Gasteiger partial charge in [-0.1, -0.05) is 6.07 Å². The van der Waals surface area contributed by atoms with E-state index in [1.807, 2.05) is 23.1 Å². The van der Waals surface area contributed by atoms with Crippen molar-refractivity contribution in [2.75, 3.05) is 60.0 Å². The van der Waals surface area contributed by atoms with Crippen LogP contribution in [0.5, 0.6) is 11.5 Å². The van der Waals surface area contributed by atoms with Crippen LogP contribution in [0.1, 0.15) is 12.0 Å². The zero-order chi connectivity index (χ0) is 18.4. The summed E-state index contributed by atoms with van der Waals surface area (Å²) in [4.78, 5) is 16.8. The van der Waals surface area contributed by atoms with Gasteiger partial charge in [-0.3, -0.25) is 4.90 Å². The number of urea groups is 1. The van der Waals surface area contributed by atoms with Crippen LogP contribution in [0.25, 0.3) is 0 Å². The Labute approximate surface area is 155 Å². The first-order chi connectivity index (χ1) is 12.7. The summed E-state index contributed by atoms with van der Waals surface area (Å²) in [5.41, 5.74) is 1.11. The van der Waals surface area contributed by atoms with Crippen molar-refractivity contribution in [3.8, 4) is 11.5 Å². The molecule has 2 aliphatic rings. The molecule has 1 atom stereocenters. The van der Waals surface area contributed by atoms with Crippen LogP contribution < -0.4 is 20.1 Å². The molecule has 2 saturated heterocycles. The number of methoxy groups -OCH3 is 2. The number of nitrogens with zero attached hydrogens (tertiary/aromatic N) is 2. The highest BCUT2D eigenvalue weighted by atomic mass is 16.5. The van der Waals surface area contributed by atoms with Crippen LogP contribution in [0, 0.1) is 0 Å². The minimum atomic E-state index is 0.0367. The molecular formula is C19H30N4O3.